The molecule has 0 spiro atoms. The first-order valence-electron chi connectivity index (χ1n) is 0.783. The molecular formula is H3FeLiMnO4P. The monoisotopic (exact) mass is 216 g/mol. The van der Waals surface area contributed by atoms with Gasteiger partial charge in [-0.1, -0.05) is 0 Å². The van der Waals surface area contributed by atoms with Crippen LogP contribution < -0.4 is 0 Å². The molecule has 8 heteroatoms. The molecule has 48 valence electrons. The summed E-state index contributed by atoms with van der Waals surface area (Å²) in [5, 5.41) is 0. The minimum atomic E-state index is -4.64. The Labute approximate surface area is 79.8 Å². The van der Waals surface area contributed by atoms with E-state index in [0.717, 1.165) is 0 Å². The molecule has 0 atom stereocenters. The van der Waals surface area contributed by atoms with E-state index in [0.29, 0.717) is 0 Å². The molecule has 0 aliphatic carbocycles. The summed E-state index contributed by atoms with van der Waals surface area (Å²) in [4.78, 5) is 21.6. The Morgan fingerprint density at radius 1 is 1.12 bits per heavy atom. The van der Waals surface area contributed by atoms with Crippen LogP contribution in [0.15, 0.2) is 0 Å². The van der Waals surface area contributed by atoms with E-state index in [9.17, 15) is 0 Å². The van der Waals surface area contributed by atoms with Gasteiger partial charge in [-0.2, -0.15) is 0 Å². The first-order valence-corrected chi connectivity index (χ1v) is 2.35. The number of phosphoric acid groups is 1. The van der Waals surface area contributed by atoms with Gasteiger partial charge in [0.1, 0.15) is 0 Å². The Kier molecular flexibility index (Phi) is 24.7. The van der Waals surface area contributed by atoms with E-state index in [-0.39, 0.29) is 53.0 Å². The zero-order valence-electron chi connectivity index (χ0n) is 3.93. The van der Waals surface area contributed by atoms with E-state index in [1.165, 1.54) is 0 Å². The van der Waals surface area contributed by atoms with Crippen molar-refractivity contribution in [3.63, 3.8) is 0 Å². The fraction of sp³-hybridized carbons (Fsp3) is 0. The van der Waals surface area contributed by atoms with Gasteiger partial charge >= 0.3 is 7.82 Å². The van der Waals surface area contributed by atoms with Gasteiger partial charge in [0.15, 0.2) is 0 Å². The summed E-state index contributed by atoms with van der Waals surface area (Å²) in [5.74, 6) is 0. The van der Waals surface area contributed by atoms with E-state index in [4.69, 9.17) is 19.2 Å². The summed E-state index contributed by atoms with van der Waals surface area (Å²) in [6.45, 7) is 0. The molecule has 0 aromatic carbocycles. The van der Waals surface area contributed by atoms with Crippen LogP contribution in [0.4, 0.5) is 0 Å². The van der Waals surface area contributed by atoms with Crippen LogP contribution in [0.5, 0.6) is 0 Å². The standard InChI is InChI=1S/Fe.Li.Mn.H3O4P/c;;;1-5(2,3)4/h;;;(H3,1,2,3,4). The molecular weight excluding hydrogens is 213 g/mol. The summed E-state index contributed by atoms with van der Waals surface area (Å²) in [7, 11) is -4.64. The van der Waals surface area contributed by atoms with Crippen LogP contribution in [0.3, 0.4) is 0 Å². The van der Waals surface area contributed by atoms with Gasteiger partial charge in [0, 0.05) is 53.0 Å². The van der Waals surface area contributed by atoms with E-state index in [2.05, 4.69) is 0 Å². The van der Waals surface area contributed by atoms with Crippen LogP contribution in [-0.2, 0) is 38.7 Å². The average Bonchev–Trinajstić information content (AvgIpc) is 0.722. The van der Waals surface area contributed by atoms with Crippen molar-refractivity contribution in [1.82, 2.24) is 0 Å². The van der Waals surface area contributed by atoms with E-state index in [1.807, 2.05) is 0 Å². The van der Waals surface area contributed by atoms with Crippen molar-refractivity contribution in [3.05, 3.63) is 0 Å². The fourth-order valence-corrected chi connectivity index (χ4v) is 0. The molecule has 0 amide bonds. The molecule has 4 nitrogen and oxygen atoms in total. The molecule has 0 saturated carbocycles. The normalized spacial score (nSPS) is 7.38. The van der Waals surface area contributed by atoms with Crippen LogP contribution in [0.25, 0.3) is 0 Å². The van der Waals surface area contributed by atoms with Crippen LogP contribution in [0.2, 0.25) is 0 Å². The van der Waals surface area contributed by atoms with Gasteiger partial charge in [-0.05, 0) is 0 Å². The fourth-order valence-electron chi connectivity index (χ4n) is 0. The Bertz CT molecular complexity index is 62.2. The van der Waals surface area contributed by atoms with Gasteiger partial charge in [0.25, 0.3) is 0 Å². The van der Waals surface area contributed by atoms with Gasteiger partial charge in [0.05, 0.1) is 0 Å². The third-order valence-corrected chi connectivity index (χ3v) is 0. The molecule has 0 unspecified atom stereocenters. The Morgan fingerprint density at radius 2 is 1.12 bits per heavy atom. The number of hydrogen-bond acceptors (Lipinski definition) is 1. The minimum absolute atomic E-state index is 0. The number of rotatable bonds is 0. The molecule has 3 N–H and O–H groups in total. The van der Waals surface area contributed by atoms with Crippen molar-refractivity contribution < 1.29 is 53.4 Å². The van der Waals surface area contributed by atoms with Crippen molar-refractivity contribution >= 4 is 26.7 Å². The van der Waals surface area contributed by atoms with Crippen molar-refractivity contribution in [2.45, 2.75) is 0 Å². The predicted molar refractivity (Wildman–Crippen MR) is 20.0 cm³/mol. The van der Waals surface area contributed by atoms with Crippen molar-refractivity contribution in [2.24, 2.45) is 0 Å². The second-order valence-corrected chi connectivity index (χ2v) is 1.54. The first-order chi connectivity index (χ1) is 2.00. The van der Waals surface area contributed by atoms with Crippen LogP contribution in [0, 0.1) is 0 Å². The molecule has 8 heavy (non-hydrogen) atoms. The quantitative estimate of drug-likeness (QED) is 0.346. The maximum atomic E-state index is 8.88. The molecule has 0 aromatic heterocycles. The second kappa shape index (κ2) is 8.75. The molecule has 0 rings (SSSR count). The predicted octanol–water partition coefficient (Wildman–Crippen LogP) is -1.31. The molecule has 0 bridgehead atoms. The van der Waals surface area contributed by atoms with Crippen molar-refractivity contribution in [1.29, 1.82) is 0 Å². The maximum Gasteiger partial charge on any atom is 0.466 e. The third-order valence-electron chi connectivity index (χ3n) is 0. The second-order valence-electron chi connectivity index (χ2n) is 0.513. The smallest absolute Gasteiger partial charge is 0.303 e. The summed E-state index contributed by atoms with van der Waals surface area (Å²) < 4.78 is 8.88. The molecule has 0 aliphatic heterocycles. The molecule has 0 heterocycles. The summed E-state index contributed by atoms with van der Waals surface area (Å²) in [6, 6.07) is 0. The van der Waals surface area contributed by atoms with E-state index in [1.54, 1.807) is 0 Å². The zero-order valence-corrected chi connectivity index (χ0v) is 7.11. The van der Waals surface area contributed by atoms with Crippen LogP contribution in [-0.4, -0.2) is 33.5 Å². The average molecular weight is 216 g/mol. The number of hydrogen-bond donors (Lipinski definition) is 3. The third kappa shape index (κ3) is 116. The molecule has 0 aliphatic rings. The maximum absolute atomic E-state index is 8.88. The van der Waals surface area contributed by atoms with Crippen molar-refractivity contribution in [3.8, 4) is 0 Å². The SMILES string of the molecule is O=P(O)(O)O.[Fe].[Li].[Mn]. The van der Waals surface area contributed by atoms with Gasteiger partial charge in [-0.15, -0.1) is 0 Å². The van der Waals surface area contributed by atoms with E-state index < -0.39 is 7.82 Å². The first kappa shape index (κ1) is 22.6. The van der Waals surface area contributed by atoms with Crippen molar-refractivity contribution in [2.75, 3.05) is 0 Å². The Balaban J connectivity index is -0.0000000267. The van der Waals surface area contributed by atoms with E-state index >= 15 is 0 Å². The zero-order chi connectivity index (χ0) is 4.50. The molecule has 2 radical (unpaired) electrons. The molecule has 0 aromatic rings. The van der Waals surface area contributed by atoms with Crippen LogP contribution in [0.1, 0.15) is 0 Å². The van der Waals surface area contributed by atoms with Gasteiger partial charge < -0.3 is 14.7 Å². The van der Waals surface area contributed by atoms with Gasteiger partial charge in [0.2, 0.25) is 0 Å². The summed E-state index contributed by atoms with van der Waals surface area (Å²) in [6.07, 6.45) is 0. The summed E-state index contributed by atoms with van der Waals surface area (Å²) in [5.41, 5.74) is 0. The van der Waals surface area contributed by atoms with Gasteiger partial charge in [-0.25, -0.2) is 4.57 Å². The Morgan fingerprint density at radius 3 is 1.12 bits per heavy atom. The molecule has 0 fully saturated rings. The summed E-state index contributed by atoms with van der Waals surface area (Å²) >= 11 is 0. The Hall–Kier alpha value is 1.75. The molecule has 0 saturated heterocycles. The van der Waals surface area contributed by atoms with Crippen LogP contribution >= 0.6 is 7.82 Å². The largest absolute Gasteiger partial charge is 0.466 e. The van der Waals surface area contributed by atoms with Gasteiger partial charge in [-0.3, -0.25) is 0 Å². The topological polar surface area (TPSA) is 77.8 Å². The minimum Gasteiger partial charge on any atom is -0.303 e.